The maximum absolute atomic E-state index is 14.0. The molecule has 0 saturated carbocycles. The summed E-state index contributed by atoms with van der Waals surface area (Å²) in [6.45, 7) is 8.07. The van der Waals surface area contributed by atoms with E-state index in [0.29, 0.717) is 25.9 Å². The van der Waals surface area contributed by atoms with Crippen LogP contribution < -0.4 is 31.2 Å². The summed E-state index contributed by atoms with van der Waals surface area (Å²) in [7, 11) is 3.32. The highest BCUT2D eigenvalue weighted by molar-refractivity contribution is 5.88. The molecule has 0 bridgehead atoms. The Labute approximate surface area is 336 Å². The summed E-state index contributed by atoms with van der Waals surface area (Å²) in [6, 6.07) is 26.5. The number of aliphatic hydroxyl groups is 1. The number of hydrogen-bond acceptors (Lipinski definition) is 5. The lowest BCUT2D eigenvalue weighted by atomic mass is 9.92. The molecule has 304 valence electrons. The zero-order valence-electron chi connectivity index (χ0n) is 33.9. The van der Waals surface area contributed by atoms with E-state index in [9.17, 15) is 24.3 Å². The summed E-state index contributed by atoms with van der Waals surface area (Å²) < 4.78 is 0. The van der Waals surface area contributed by atoms with Gasteiger partial charge in [-0.3, -0.25) is 9.59 Å². The SMILES string of the molecule is CC(C)C(NC(=O)N(C)Cc1cccc[nH+]1)C(=O)NC(Cc1ccccc1)CC(O)C(Cc1ccccc1)NC(=O)C(NC(=O)N(C)Cc1cccc[nH+]1)C(C)C. The van der Waals surface area contributed by atoms with Crippen molar-refractivity contribution in [2.24, 2.45) is 11.8 Å². The summed E-state index contributed by atoms with van der Waals surface area (Å²) in [5.41, 5.74) is 3.52. The van der Waals surface area contributed by atoms with Crippen molar-refractivity contribution in [2.75, 3.05) is 14.1 Å². The predicted molar refractivity (Wildman–Crippen MR) is 218 cm³/mol. The van der Waals surface area contributed by atoms with Crippen LogP contribution in [0.15, 0.2) is 109 Å². The van der Waals surface area contributed by atoms with Crippen molar-refractivity contribution < 1.29 is 34.3 Å². The fourth-order valence-corrected chi connectivity index (χ4v) is 6.53. The van der Waals surface area contributed by atoms with Crippen LogP contribution >= 0.6 is 0 Å². The first-order valence-electron chi connectivity index (χ1n) is 19.6. The fourth-order valence-electron chi connectivity index (χ4n) is 6.53. The quantitative estimate of drug-likeness (QED) is 0.0979. The minimum atomic E-state index is -1.11. The third-order valence-electron chi connectivity index (χ3n) is 9.80. The number of aromatic amines is 2. The van der Waals surface area contributed by atoms with Crippen molar-refractivity contribution in [2.45, 2.75) is 90.3 Å². The van der Waals surface area contributed by atoms with Gasteiger partial charge >= 0.3 is 12.1 Å². The minimum Gasteiger partial charge on any atom is -0.391 e. The van der Waals surface area contributed by atoms with Crippen LogP contribution in [-0.2, 0) is 35.5 Å². The molecule has 0 saturated heterocycles. The molecule has 0 fully saturated rings. The first-order valence-corrected chi connectivity index (χ1v) is 19.6. The van der Waals surface area contributed by atoms with Crippen LogP contribution in [0, 0.1) is 11.8 Å². The Morgan fingerprint density at radius 2 is 1.00 bits per heavy atom. The molecule has 5 unspecified atom stereocenters. The molecule has 4 rings (SSSR count). The van der Waals surface area contributed by atoms with Crippen LogP contribution in [0.1, 0.15) is 56.6 Å². The van der Waals surface area contributed by atoms with E-state index in [1.165, 1.54) is 9.80 Å². The Bertz CT molecular complexity index is 1830. The van der Waals surface area contributed by atoms with E-state index < -0.39 is 48.2 Å². The van der Waals surface area contributed by atoms with Gasteiger partial charge in [0.15, 0.2) is 23.8 Å². The number of carbonyl (C=O) groups is 4. The number of urea groups is 2. The highest BCUT2D eigenvalue weighted by Crippen LogP contribution is 2.16. The standard InChI is InChI=1S/C44H58N8O5/c1-30(2)39(49-43(56)51(5)28-34-21-13-15-23-45-34)41(54)47-36(25-32-17-9-7-10-18-32)27-38(53)37(26-33-19-11-8-12-20-33)48-42(55)40(31(3)4)50-44(57)52(6)29-35-22-14-16-24-46-35/h7-24,30-31,36-40,53H,25-29H2,1-6H3,(H,47,54)(H,48,55)(H,49,56)(H,50,57)/p+2. The second kappa shape index (κ2) is 22.1. The van der Waals surface area contributed by atoms with Crippen molar-refractivity contribution in [3.05, 3.63) is 132 Å². The lowest BCUT2D eigenvalue weighted by Gasteiger charge is -2.32. The molecule has 0 spiro atoms. The molecule has 13 nitrogen and oxygen atoms in total. The van der Waals surface area contributed by atoms with Crippen LogP contribution in [-0.4, -0.2) is 83.1 Å². The monoisotopic (exact) mass is 780 g/mol. The average molecular weight is 781 g/mol. The number of pyridine rings is 2. The maximum Gasteiger partial charge on any atom is 0.318 e. The summed E-state index contributed by atoms with van der Waals surface area (Å²) in [5.74, 6) is -1.32. The van der Waals surface area contributed by atoms with Gasteiger partial charge in [-0.1, -0.05) is 100 Å². The smallest absolute Gasteiger partial charge is 0.318 e. The van der Waals surface area contributed by atoms with Gasteiger partial charge in [-0.2, -0.15) is 0 Å². The second-order valence-electron chi connectivity index (χ2n) is 15.3. The molecular formula is C44H60N8O5+2. The van der Waals surface area contributed by atoms with Crippen molar-refractivity contribution >= 4 is 23.9 Å². The number of H-pyrrole nitrogens is 2. The van der Waals surface area contributed by atoms with Crippen molar-refractivity contribution in [1.29, 1.82) is 0 Å². The lowest BCUT2D eigenvalue weighted by Crippen LogP contribution is -2.58. The van der Waals surface area contributed by atoms with E-state index in [1.54, 1.807) is 26.5 Å². The van der Waals surface area contributed by atoms with E-state index in [2.05, 4.69) is 31.2 Å². The molecule has 2 heterocycles. The van der Waals surface area contributed by atoms with Gasteiger partial charge in [-0.25, -0.2) is 19.6 Å². The first kappa shape index (κ1) is 43.9. The van der Waals surface area contributed by atoms with Gasteiger partial charge in [0.2, 0.25) is 11.8 Å². The molecule has 5 atom stereocenters. The van der Waals surface area contributed by atoms with E-state index in [4.69, 9.17) is 0 Å². The van der Waals surface area contributed by atoms with E-state index in [-0.39, 0.29) is 24.2 Å². The van der Waals surface area contributed by atoms with Crippen LogP contribution in [0.3, 0.4) is 0 Å². The van der Waals surface area contributed by atoms with Gasteiger partial charge in [0.25, 0.3) is 0 Å². The van der Waals surface area contributed by atoms with Gasteiger partial charge in [0, 0.05) is 44.4 Å². The Kier molecular flexibility index (Phi) is 17.0. The number of amides is 6. The Balaban J connectivity index is 1.52. The highest BCUT2D eigenvalue weighted by atomic mass is 16.3. The predicted octanol–water partition coefficient (Wildman–Crippen LogP) is 3.55. The average Bonchev–Trinajstić information content (AvgIpc) is 3.19. The topological polar surface area (TPSA) is 171 Å². The lowest BCUT2D eigenvalue weighted by molar-refractivity contribution is -0.392. The Hall–Kier alpha value is -5.82. The number of aromatic nitrogens is 2. The molecule has 4 aromatic rings. The minimum absolute atomic E-state index is 0.0932. The molecule has 0 radical (unpaired) electrons. The molecule has 2 aromatic carbocycles. The molecule has 0 aliphatic carbocycles. The normalized spacial score (nSPS) is 13.8. The number of hydrogen-bond donors (Lipinski definition) is 5. The van der Waals surface area contributed by atoms with Crippen molar-refractivity contribution in [3.8, 4) is 0 Å². The number of aliphatic hydroxyl groups excluding tert-OH is 1. The van der Waals surface area contributed by atoms with E-state index in [1.807, 2.05) is 125 Å². The van der Waals surface area contributed by atoms with Crippen molar-refractivity contribution in [3.63, 3.8) is 0 Å². The van der Waals surface area contributed by atoms with Gasteiger partial charge in [0.05, 0.1) is 12.1 Å². The molecule has 7 N–H and O–H groups in total. The Morgan fingerprint density at radius 1 is 0.579 bits per heavy atom. The molecule has 6 amide bonds. The zero-order chi connectivity index (χ0) is 41.3. The number of nitrogens with one attached hydrogen (secondary N) is 6. The molecule has 0 aliphatic rings. The first-order chi connectivity index (χ1) is 27.3. The van der Waals surface area contributed by atoms with Gasteiger partial charge in [-0.05, 0) is 42.2 Å². The number of carbonyl (C=O) groups excluding carboxylic acids is 4. The fraction of sp³-hybridized carbons (Fsp3) is 0.409. The molecule has 13 heteroatoms. The number of rotatable bonds is 19. The molecule has 2 aromatic heterocycles. The zero-order valence-corrected chi connectivity index (χ0v) is 33.9. The third kappa shape index (κ3) is 14.3. The van der Waals surface area contributed by atoms with Gasteiger partial charge in [-0.15, -0.1) is 0 Å². The summed E-state index contributed by atoms with van der Waals surface area (Å²) in [6.07, 6.45) is 3.26. The van der Waals surface area contributed by atoms with Crippen LogP contribution in [0.4, 0.5) is 9.59 Å². The van der Waals surface area contributed by atoms with Crippen LogP contribution in [0.2, 0.25) is 0 Å². The maximum atomic E-state index is 14.0. The van der Waals surface area contributed by atoms with E-state index in [0.717, 1.165) is 22.5 Å². The largest absolute Gasteiger partial charge is 0.391 e. The van der Waals surface area contributed by atoms with Crippen molar-refractivity contribution in [1.82, 2.24) is 31.1 Å². The van der Waals surface area contributed by atoms with Gasteiger partial charge < -0.3 is 36.2 Å². The summed E-state index contributed by atoms with van der Waals surface area (Å²) >= 11 is 0. The number of benzene rings is 2. The van der Waals surface area contributed by atoms with Crippen LogP contribution in [0.5, 0.6) is 0 Å². The van der Waals surface area contributed by atoms with Crippen LogP contribution in [0.25, 0.3) is 0 Å². The third-order valence-corrected chi connectivity index (χ3v) is 9.80. The molecular weight excluding hydrogens is 721 g/mol. The molecule has 57 heavy (non-hydrogen) atoms. The highest BCUT2D eigenvalue weighted by Gasteiger charge is 2.33. The number of nitrogens with zero attached hydrogens (tertiary/aromatic N) is 2. The van der Waals surface area contributed by atoms with E-state index >= 15 is 0 Å². The molecule has 0 aliphatic heterocycles. The Morgan fingerprint density at radius 3 is 1.42 bits per heavy atom. The summed E-state index contributed by atoms with van der Waals surface area (Å²) in [5, 5.41) is 24.0. The van der Waals surface area contributed by atoms with Gasteiger partial charge in [0.1, 0.15) is 25.2 Å². The summed E-state index contributed by atoms with van der Waals surface area (Å²) in [4.78, 5) is 63.8. The second-order valence-corrected chi connectivity index (χ2v) is 15.3.